The molecule has 1 aliphatic heterocycles. The van der Waals surface area contributed by atoms with Crippen LogP contribution in [0.2, 0.25) is 0 Å². The number of amides is 1. The number of aliphatic hydroxyl groups is 1. The molecule has 4 nitrogen and oxygen atoms in total. The van der Waals surface area contributed by atoms with Crippen molar-refractivity contribution in [2.75, 3.05) is 19.7 Å². The maximum absolute atomic E-state index is 12.3. The van der Waals surface area contributed by atoms with Gasteiger partial charge < -0.3 is 15.3 Å². The molecule has 1 heterocycles. The summed E-state index contributed by atoms with van der Waals surface area (Å²) in [5, 5.41) is 12.8. The molecule has 2 aliphatic rings. The molecule has 1 saturated carbocycles. The predicted molar refractivity (Wildman–Crippen MR) is 85.1 cm³/mol. The van der Waals surface area contributed by atoms with Gasteiger partial charge in [-0.2, -0.15) is 0 Å². The molecule has 4 heteroatoms. The molecule has 1 amide bonds. The third-order valence-corrected chi connectivity index (χ3v) is 5.37. The van der Waals surface area contributed by atoms with E-state index >= 15 is 0 Å². The van der Waals surface area contributed by atoms with Gasteiger partial charge >= 0.3 is 0 Å². The second-order valence-electron chi connectivity index (χ2n) is 7.32. The van der Waals surface area contributed by atoms with Crippen molar-refractivity contribution in [3.63, 3.8) is 0 Å². The van der Waals surface area contributed by atoms with Crippen molar-refractivity contribution in [3.05, 3.63) is 0 Å². The molecule has 0 aromatic rings. The van der Waals surface area contributed by atoms with Gasteiger partial charge in [-0.1, -0.05) is 19.3 Å². The van der Waals surface area contributed by atoms with Crippen LogP contribution in [0.15, 0.2) is 0 Å². The highest BCUT2D eigenvalue weighted by atomic mass is 16.3. The molecule has 122 valence electrons. The highest BCUT2D eigenvalue weighted by Gasteiger charge is 2.33. The first-order chi connectivity index (χ1) is 10.0. The van der Waals surface area contributed by atoms with Crippen molar-refractivity contribution in [3.8, 4) is 0 Å². The van der Waals surface area contributed by atoms with Crippen molar-refractivity contribution in [2.45, 2.75) is 76.8 Å². The van der Waals surface area contributed by atoms with Crippen LogP contribution in [-0.4, -0.2) is 47.2 Å². The fourth-order valence-corrected chi connectivity index (χ4v) is 3.83. The Bertz CT molecular complexity index is 330. The number of rotatable bonds is 5. The number of aliphatic hydroxyl groups excluding tert-OH is 1. The van der Waals surface area contributed by atoms with E-state index in [1.54, 1.807) is 0 Å². The zero-order valence-corrected chi connectivity index (χ0v) is 13.7. The summed E-state index contributed by atoms with van der Waals surface area (Å²) in [4.78, 5) is 14.8. The predicted octanol–water partition coefficient (Wildman–Crippen LogP) is 2.31. The average molecular weight is 296 g/mol. The molecular formula is C17H32N2O2. The van der Waals surface area contributed by atoms with Crippen LogP contribution in [0, 0.1) is 5.92 Å². The van der Waals surface area contributed by atoms with Crippen molar-refractivity contribution in [1.82, 2.24) is 10.2 Å². The van der Waals surface area contributed by atoms with Crippen molar-refractivity contribution in [2.24, 2.45) is 5.92 Å². The Hall–Kier alpha value is -0.610. The first-order valence-corrected chi connectivity index (χ1v) is 8.70. The monoisotopic (exact) mass is 296 g/mol. The lowest BCUT2D eigenvalue weighted by molar-refractivity contribution is -0.125. The Labute approximate surface area is 129 Å². The van der Waals surface area contributed by atoms with Crippen LogP contribution in [0.3, 0.4) is 0 Å². The van der Waals surface area contributed by atoms with E-state index in [2.05, 4.69) is 24.1 Å². The summed E-state index contributed by atoms with van der Waals surface area (Å²) in [5.41, 5.74) is -0.325. The summed E-state index contributed by atoms with van der Waals surface area (Å²) < 4.78 is 0. The van der Waals surface area contributed by atoms with Gasteiger partial charge in [0.15, 0.2) is 0 Å². The molecule has 0 aromatic carbocycles. The normalized spacial score (nSPS) is 24.2. The SMILES string of the molecule is CC(C)N1CCC(CC(=O)NC2(CO)CCCCC2)CC1. The largest absolute Gasteiger partial charge is 0.394 e. The van der Waals surface area contributed by atoms with Crippen LogP contribution in [0.4, 0.5) is 0 Å². The number of nitrogens with zero attached hydrogens (tertiary/aromatic N) is 1. The van der Waals surface area contributed by atoms with Gasteiger partial charge in [-0.3, -0.25) is 4.79 Å². The van der Waals surface area contributed by atoms with E-state index in [1.807, 2.05) is 0 Å². The fourth-order valence-electron chi connectivity index (χ4n) is 3.83. The fraction of sp³-hybridized carbons (Fsp3) is 0.941. The number of hydrogen-bond acceptors (Lipinski definition) is 3. The van der Waals surface area contributed by atoms with Crippen molar-refractivity contribution in [1.29, 1.82) is 0 Å². The first-order valence-electron chi connectivity index (χ1n) is 8.70. The molecule has 2 rings (SSSR count). The van der Waals surface area contributed by atoms with Gasteiger partial charge in [-0.15, -0.1) is 0 Å². The van der Waals surface area contributed by atoms with E-state index < -0.39 is 0 Å². The van der Waals surface area contributed by atoms with Crippen LogP contribution in [0.25, 0.3) is 0 Å². The molecule has 0 unspecified atom stereocenters. The van der Waals surface area contributed by atoms with E-state index in [9.17, 15) is 9.90 Å². The van der Waals surface area contributed by atoms with E-state index in [0.29, 0.717) is 18.4 Å². The van der Waals surface area contributed by atoms with Crippen LogP contribution in [0.5, 0.6) is 0 Å². The van der Waals surface area contributed by atoms with E-state index in [4.69, 9.17) is 0 Å². The van der Waals surface area contributed by atoms with Gasteiger partial charge in [0.1, 0.15) is 0 Å². The summed E-state index contributed by atoms with van der Waals surface area (Å²) in [5.74, 6) is 0.660. The van der Waals surface area contributed by atoms with Crippen LogP contribution >= 0.6 is 0 Å². The molecule has 1 aliphatic carbocycles. The van der Waals surface area contributed by atoms with Gasteiger partial charge in [-0.05, 0) is 58.5 Å². The van der Waals surface area contributed by atoms with E-state index in [-0.39, 0.29) is 18.1 Å². The maximum Gasteiger partial charge on any atom is 0.220 e. The lowest BCUT2D eigenvalue weighted by Gasteiger charge is -2.38. The van der Waals surface area contributed by atoms with E-state index in [1.165, 1.54) is 6.42 Å². The summed E-state index contributed by atoms with van der Waals surface area (Å²) in [7, 11) is 0. The number of carbonyl (C=O) groups is 1. The number of hydrogen-bond donors (Lipinski definition) is 2. The van der Waals surface area contributed by atoms with Crippen LogP contribution in [0.1, 0.15) is 65.2 Å². The Balaban J connectivity index is 1.77. The number of likely N-dealkylation sites (tertiary alicyclic amines) is 1. The summed E-state index contributed by atoms with van der Waals surface area (Å²) in [6.45, 7) is 6.79. The Morgan fingerprint density at radius 3 is 2.38 bits per heavy atom. The lowest BCUT2D eigenvalue weighted by atomic mass is 9.82. The maximum atomic E-state index is 12.3. The highest BCUT2D eigenvalue weighted by molar-refractivity contribution is 5.77. The molecular weight excluding hydrogens is 264 g/mol. The highest BCUT2D eigenvalue weighted by Crippen LogP contribution is 2.28. The second kappa shape index (κ2) is 7.59. The van der Waals surface area contributed by atoms with Gasteiger partial charge in [-0.25, -0.2) is 0 Å². The first kappa shape index (κ1) is 16.8. The molecule has 0 aromatic heterocycles. The summed E-state index contributed by atoms with van der Waals surface area (Å²) in [6.07, 6.45) is 8.21. The molecule has 1 saturated heterocycles. The zero-order chi connectivity index (χ0) is 15.3. The average Bonchev–Trinajstić information content (AvgIpc) is 2.48. The molecule has 0 atom stereocenters. The molecule has 0 bridgehead atoms. The third kappa shape index (κ3) is 4.68. The number of nitrogens with one attached hydrogen (secondary N) is 1. The smallest absolute Gasteiger partial charge is 0.220 e. The van der Waals surface area contributed by atoms with Crippen molar-refractivity contribution < 1.29 is 9.90 Å². The molecule has 21 heavy (non-hydrogen) atoms. The van der Waals surface area contributed by atoms with Crippen LogP contribution in [-0.2, 0) is 4.79 Å². The summed E-state index contributed by atoms with van der Waals surface area (Å²) in [6, 6.07) is 0.611. The lowest BCUT2D eigenvalue weighted by Crippen LogP contribution is -2.53. The van der Waals surface area contributed by atoms with E-state index in [0.717, 1.165) is 51.6 Å². The zero-order valence-electron chi connectivity index (χ0n) is 13.7. The summed E-state index contributed by atoms with van der Waals surface area (Å²) >= 11 is 0. The number of carbonyl (C=O) groups excluding carboxylic acids is 1. The topological polar surface area (TPSA) is 52.6 Å². The van der Waals surface area contributed by atoms with Crippen LogP contribution < -0.4 is 5.32 Å². The molecule has 0 spiro atoms. The number of piperidine rings is 1. The minimum absolute atomic E-state index is 0.0878. The standard InChI is InChI=1S/C17H32N2O2/c1-14(2)19-10-6-15(7-11-19)12-16(21)18-17(13-20)8-4-3-5-9-17/h14-15,20H,3-13H2,1-2H3,(H,18,21). The Morgan fingerprint density at radius 1 is 1.24 bits per heavy atom. The Morgan fingerprint density at radius 2 is 1.86 bits per heavy atom. The molecule has 2 fully saturated rings. The quantitative estimate of drug-likeness (QED) is 0.818. The third-order valence-electron chi connectivity index (χ3n) is 5.37. The van der Waals surface area contributed by atoms with Gasteiger partial charge in [0.25, 0.3) is 0 Å². The van der Waals surface area contributed by atoms with Gasteiger partial charge in [0.05, 0.1) is 12.1 Å². The second-order valence-corrected chi connectivity index (χ2v) is 7.32. The minimum atomic E-state index is -0.325. The van der Waals surface area contributed by atoms with Gasteiger partial charge in [0, 0.05) is 12.5 Å². The van der Waals surface area contributed by atoms with Crippen molar-refractivity contribution >= 4 is 5.91 Å². The molecule has 2 N–H and O–H groups in total. The minimum Gasteiger partial charge on any atom is -0.394 e. The Kier molecular flexibility index (Phi) is 6.06. The van der Waals surface area contributed by atoms with Gasteiger partial charge in [0.2, 0.25) is 5.91 Å². The molecule has 0 radical (unpaired) electrons.